The number of phenols is 1. The maximum atomic E-state index is 13.5. The van der Waals surface area contributed by atoms with Crippen molar-refractivity contribution in [1.29, 1.82) is 0 Å². The molecular formula is C24H25FN2O6S. The van der Waals surface area contributed by atoms with E-state index in [4.69, 9.17) is 20.3 Å². The number of sulfonamides is 1. The number of primary sulfonamides is 1. The zero-order valence-electron chi connectivity index (χ0n) is 18.3. The summed E-state index contributed by atoms with van der Waals surface area (Å²) >= 11 is 0. The lowest BCUT2D eigenvalue weighted by Gasteiger charge is -2.28. The van der Waals surface area contributed by atoms with Gasteiger partial charge in [0.2, 0.25) is 16.8 Å². The number of phenolic OH excluding ortho intramolecular Hbond substituents is 1. The summed E-state index contributed by atoms with van der Waals surface area (Å²) in [5.41, 5.74) is 7.26. The second kappa shape index (κ2) is 9.13. The second-order valence-electron chi connectivity index (χ2n) is 8.24. The molecule has 6 N–H and O–H groups in total. The topological polar surface area (TPSA) is 145 Å². The van der Waals surface area contributed by atoms with Gasteiger partial charge in [-0.3, -0.25) is 0 Å². The van der Waals surface area contributed by atoms with Gasteiger partial charge in [0.25, 0.3) is 0 Å². The quantitative estimate of drug-likeness (QED) is 0.374. The minimum absolute atomic E-state index is 0.00243. The molecule has 0 spiro atoms. The van der Waals surface area contributed by atoms with E-state index in [0.29, 0.717) is 22.6 Å². The van der Waals surface area contributed by atoms with Crippen molar-refractivity contribution in [3.05, 3.63) is 82.7 Å². The van der Waals surface area contributed by atoms with Gasteiger partial charge in [0.1, 0.15) is 16.8 Å². The van der Waals surface area contributed by atoms with Crippen LogP contribution in [0.1, 0.15) is 46.4 Å². The Morgan fingerprint density at radius 1 is 1.06 bits per heavy atom. The number of halogens is 1. The van der Waals surface area contributed by atoms with Crippen molar-refractivity contribution in [2.24, 2.45) is 5.14 Å². The van der Waals surface area contributed by atoms with Gasteiger partial charge in [-0.1, -0.05) is 24.3 Å². The van der Waals surface area contributed by atoms with Gasteiger partial charge < -0.3 is 25.4 Å². The normalized spacial score (nSPS) is 15.6. The molecule has 1 aliphatic rings. The van der Waals surface area contributed by atoms with Crippen molar-refractivity contribution in [3.8, 4) is 17.2 Å². The zero-order valence-corrected chi connectivity index (χ0v) is 19.1. The number of hydrogen-bond donors (Lipinski definition) is 4. The summed E-state index contributed by atoms with van der Waals surface area (Å²) in [6, 6.07) is 13.5. The summed E-state index contributed by atoms with van der Waals surface area (Å²) in [4.78, 5) is 0. The number of nitrogen functional groups attached to an aromatic ring is 1. The Hall–Kier alpha value is -3.34. The standard InChI is InChI=1S/C24H25FN2O6S/c1-13(28)22-19(26)8-7-17(23(22)29)24(34(27,30)31)18(10-14-2-5-16(25)6-3-14)15-4-9-20-21(11-15)33-12-32-20/h2-9,11,13,18,24,28-29H,10,12,26H2,1H3,(H2,27,30,31). The SMILES string of the molecule is CC(O)c1c(N)ccc(C(C(Cc2ccc(F)cc2)c2ccc3c(c2)OCO3)S(N)(=O)=O)c1O. The highest BCUT2D eigenvalue weighted by Crippen LogP contribution is 2.47. The maximum absolute atomic E-state index is 13.5. The highest BCUT2D eigenvalue weighted by Gasteiger charge is 2.37. The van der Waals surface area contributed by atoms with Gasteiger partial charge in [0.15, 0.2) is 11.5 Å². The van der Waals surface area contributed by atoms with Crippen LogP contribution in [0.4, 0.5) is 10.1 Å². The highest BCUT2D eigenvalue weighted by atomic mass is 32.2. The van der Waals surface area contributed by atoms with Crippen molar-refractivity contribution in [2.45, 2.75) is 30.6 Å². The molecule has 0 saturated carbocycles. The van der Waals surface area contributed by atoms with Crippen LogP contribution in [0.15, 0.2) is 54.6 Å². The van der Waals surface area contributed by atoms with Crippen LogP contribution in [0.3, 0.4) is 0 Å². The van der Waals surface area contributed by atoms with Crippen molar-refractivity contribution in [1.82, 2.24) is 0 Å². The molecule has 4 rings (SSSR count). The fourth-order valence-electron chi connectivity index (χ4n) is 4.35. The van der Waals surface area contributed by atoms with E-state index in [0.717, 1.165) is 0 Å². The monoisotopic (exact) mass is 488 g/mol. The van der Waals surface area contributed by atoms with E-state index < -0.39 is 38.9 Å². The average Bonchev–Trinajstić information content (AvgIpc) is 3.23. The van der Waals surface area contributed by atoms with Gasteiger partial charge in [-0.15, -0.1) is 0 Å². The Morgan fingerprint density at radius 3 is 2.38 bits per heavy atom. The predicted octanol–water partition coefficient (Wildman–Crippen LogP) is 3.25. The lowest BCUT2D eigenvalue weighted by molar-refractivity contribution is 0.174. The minimum Gasteiger partial charge on any atom is -0.507 e. The number of ether oxygens (including phenoxy) is 2. The minimum atomic E-state index is -4.31. The molecule has 0 aromatic heterocycles. The van der Waals surface area contributed by atoms with Crippen LogP contribution < -0.4 is 20.3 Å². The summed E-state index contributed by atoms with van der Waals surface area (Å²) in [7, 11) is -4.31. The van der Waals surface area contributed by atoms with E-state index in [-0.39, 0.29) is 30.0 Å². The lowest BCUT2D eigenvalue weighted by Crippen LogP contribution is -2.28. The molecule has 10 heteroatoms. The van der Waals surface area contributed by atoms with Crippen molar-refractivity contribution in [2.75, 3.05) is 12.5 Å². The molecule has 180 valence electrons. The average molecular weight is 489 g/mol. The van der Waals surface area contributed by atoms with E-state index in [1.807, 2.05) is 0 Å². The smallest absolute Gasteiger partial charge is 0.231 e. The Bertz CT molecular complexity index is 1310. The maximum Gasteiger partial charge on any atom is 0.231 e. The lowest BCUT2D eigenvalue weighted by atomic mass is 9.84. The summed E-state index contributed by atoms with van der Waals surface area (Å²) in [5, 5.41) is 25.4. The number of aliphatic hydroxyl groups excluding tert-OH is 1. The molecule has 0 saturated heterocycles. The van der Waals surface area contributed by atoms with Crippen LogP contribution in [0, 0.1) is 5.82 Å². The van der Waals surface area contributed by atoms with Gasteiger partial charge in [0, 0.05) is 22.7 Å². The highest BCUT2D eigenvalue weighted by molar-refractivity contribution is 7.89. The molecule has 8 nitrogen and oxygen atoms in total. The van der Waals surface area contributed by atoms with Crippen molar-refractivity contribution in [3.63, 3.8) is 0 Å². The molecule has 34 heavy (non-hydrogen) atoms. The Labute approximate surface area is 196 Å². The fraction of sp³-hybridized carbons (Fsp3) is 0.250. The first-order chi connectivity index (χ1) is 16.1. The molecule has 0 amide bonds. The first kappa shape index (κ1) is 23.8. The molecule has 3 aromatic carbocycles. The third-order valence-corrected chi connectivity index (χ3v) is 7.21. The van der Waals surface area contributed by atoms with Gasteiger partial charge in [0.05, 0.1) is 6.10 Å². The number of hydrogen-bond acceptors (Lipinski definition) is 7. The molecule has 0 fully saturated rings. The summed E-state index contributed by atoms with van der Waals surface area (Å²) < 4.78 is 50.3. The van der Waals surface area contributed by atoms with Gasteiger partial charge >= 0.3 is 0 Å². The van der Waals surface area contributed by atoms with E-state index in [9.17, 15) is 23.0 Å². The summed E-state index contributed by atoms with van der Waals surface area (Å²) in [5.74, 6) is -0.724. The molecule has 0 radical (unpaired) electrons. The van der Waals surface area contributed by atoms with Crippen molar-refractivity contribution >= 4 is 15.7 Å². The molecular weight excluding hydrogens is 463 g/mol. The predicted molar refractivity (Wildman–Crippen MR) is 124 cm³/mol. The molecule has 0 aliphatic carbocycles. The third-order valence-electron chi connectivity index (χ3n) is 5.92. The molecule has 1 aliphatic heterocycles. The van der Waals surface area contributed by atoms with Crippen LogP contribution in [0.2, 0.25) is 0 Å². The molecule has 3 atom stereocenters. The number of fused-ring (bicyclic) bond motifs is 1. The van der Waals surface area contributed by atoms with Crippen LogP contribution in [-0.4, -0.2) is 25.4 Å². The number of anilines is 1. The van der Waals surface area contributed by atoms with Gasteiger partial charge in [-0.05, 0) is 54.8 Å². The Balaban J connectivity index is 1.91. The Morgan fingerprint density at radius 2 is 1.74 bits per heavy atom. The van der Waals surface area contributed by atoms with Gasteiger partial charge in [-0.25, -0.2) is 17.9 Å². The number of aromatic hydroxyl groups is 1. The van der Waals surface area contributed by atoms with Crippen molar-refractivity contribution < 1.29 is 32.5 Å². The fourth-order valence-corrected chi connectivity index (χ4v) is 5.61. The second-order valence-corrected chi connectivity index (χ2v) is 9.93. The first-order valence-electron chi connectivity index (χ1n) is 10.5. The largest absolute Gasteiger partial charge is 0.507 e. The van der Waals surface area contributed by atoms with E-state index in [1.54, 1.807) is 30.3 Å². The zero-order chi connectivity index (χ0) is 24.6. The molecule has 0 bridgehead atoms. The summed E-state index contributed by atoms with van der Waals surface area (Å²) in [6.45, 7) is 1.45. The van der Waals surface area contributed by atoms with Crippen LogP contribution in [0.5, 0.6) is 17.2 Å². The molecule has 1 heterocycles. The van der Waals surface area contributed by atoms with E-state index >= 15 is 0 Å². The number of aliphatic hydroxyl groups is 1. The van der Waals surface area contributed by atoms with E-state index in [2.05, 4.69) is 0 Å². The first-order valence-corrected chi connectivity index (χ1v) is 12.1. The molecule has 3 unspecified atom stereocenters. The Kier molecular flexibility index (Phi) is 6.39. The van der Waals surface area contributed by atoms with Crippen LogP contribution in [0.25, 0.3) is 0 Å². The third kappa shape index (κ3) is 4.65. The number of nitrogens with two attached hydrogens (primary N) is 2. The van der Waals surface area contributed by atoms with Gasteiger partial charge in [-0.2, -0.15) is 0 Å². The van der Waals surface area contributed by atoms with Crippen LogP contribution in [-0.2, 0) is 16.4 Å². The molecule has 3 aromatic rings. The number of benzene rings is 3. The number of rotatable bonds is 7. The van der Waals surface area contributed by atoms with Crippen LogP contribution >= 0.6 is 0 Å². The summed E-state index contributed by atoms with van der Waals surface area (Å²) in [6.07, 6.45) is -1.00. The van der Waals surface area contributed by atoms with E-state index in [1.165, 1.54) is 31.2 Å².